The number of nitrogens with one attached hydrogen (secondary N) is 1. The minimum Gasteiger partial charge on any atom is -0.490 e. The molecule has 0 aliphatic rings. The summed E-state index contributed by atoms with van der Waals surface area (Å²) < 4.78 is 11.2. The molecule has 0 aliphatic heterocycles. The van der Waals surface area contributed by atoms with Gasteiger partial charge in [-0.2, -0.15) is 0 Å². The Balaban J connectivity index is 2.05. The summed E-state index contributed by atoms with van der Waals surface area (Å²) in [5.41, 5.74) is 1.10. The van der Waals surface area contributed by atoms with Gasteiger partial charge in [0.2, 0.25) is 0 Å². The third kappa shape index (κ3) is 4.59. The number of anilines is 1. The Hall–Kier alpha value is -2.82. The molecule has 0 heterocycles. The molecular weight excluding hydrogens is 306 g/mol. The van der Waals surface area contributed by atoms with Gasteiger partial charge in [0.15, 0.2) is 23.4 Å². The van der Waals surface area contributed by atoms with Crippen molar-refractivity contribution in [1.29, 1.82) is 0 Å². The smallest absolute Gasteiger partial charge is 0.265 e. The standard InChI is InChI=1S/C19H21NO4/c1-4-23-17-10-5-6-11-18(17)24-14(3)19(22)20-16-9-7-8-15(12-16)13(2)21/h5-12,14H,4H2,1-3H3,(H,20,22). The number of carbonyl (C=O) groups is 2. The summed E-state index contributed by atoms with van der Waals surface area (Å²) in [6.45, 7) is 5.54. The van der Waals surface area contributed by atoms with Crippen molar-refractivity contribution in [2.24, 2.45) is 0 Å². The quantitative estimate of drug-likeness (QED) is 0.788. The fourth-order valence-electron chi connectivity index (χ4n) is 2.13. The molecule has 1 unspecified atom stereocenters. The van der Waals surface area contributed by atoms with E-state index in [0.29, 0.717) is 29.4 Å². The van der Waals surface area contributed by atoms with E-state index < -0.39 is 6.10 Å². The maximum Gasteiger partial charge on any atom is 0.265 e. The lowest BCUT2D eigenvalue weighted by atomic mass is 10.1. The Labute approximate surface area is 141 Å². The van der Waals surface area contributed by atoms with Crippen LogP contribution in [0.4, 0.5) is 5.69 Å². The van der Waals surface area contributed by atoms with Crippen molar-refractivity contribution in [3.8, 4) is 11.5 Å². The van der Waals surface area contributed by atoms with Crippen molar-refractivity contribution in [3.63, 3.8) is 0 Å². The molecule has 2 aromatic rings. The molecule has 2 rings (SSSR count). The van der Waals surface area contributed by atoms with Gasteiger partial charge in [0.25, 0.3) is 5.91 Å². The number of ether oxygens (including phenoxy) is 2. The summed E-state index contributed by atoms with van der Waals surface area (Å²) in [5, 5.41) is 2.75. The zero-order valence-electron chi connectivity index (χ0n) is 14.0. The average molecular weight is 327 g/mol. The highest BCUT2D eigenvalue weighted by Gasteiger charge is 2.17. The molecule has 0 aliphatic carbocycles. The van der Waals surface area contributed by atoms with Gasteiger partial charge in [-0.05, 0) is 45.0 Å². The third-order valence-corrected chi connectivity index (χ3v) is 3.36. The van der Waals surface area contributed by atoms with Crippen LogP contribution in [0.2, 0.25) is 0 Å². The monoisotopic (exact) mass is 327 g/mol. The van der Waals surface area contributed by atoms with E-state index >= 15 is 0 Å². The predicted molar refractivity (Wildman–Crippen MR) is 92.8 cm³/mol. The van der Waals surface area contributed by atoms with Gasteiger partial charge in [0.05, 0.1) is 6.61 Å². The van der Waals surface area contributed by atoms with Crippen LogP contribution in [0, 0.1) is 0 Å². The lowest BCUT2D eigenvalue weighted by molar-refractivity contribution is -0.122. The molecule has 5 nitrogen and oxygen atoms in total. The summed E-state index contributed by atoms with van der Waals surface area (Å²) in [7, 11) is 0. The minimum absolute atomic E-state index is 0.0546. The molecule has 24 heavy (non-hydrogen) atoms. The van der Waals surface area contributed by atoms with Gasteiger partial charge in [-0.3, -0.25) is 9.59 Å². The van der Waals surface area contributed by atoms with E-state index in [1.807, 2.05) is 19.1 Å². The molecule has 0 aromatic heterocycles. The second-order valence-electron chi connectivity index (χ2n) is 5.27. The van der Waals surface area contributed by atoms with Gasteiger partial charge in [-0.25, -0.2) is 0 Å². The lowest BCUT2D eigenvalue weighted by Gasteiger charge is -2.17. The summed E-state index contributed by atoms with van der Waals surface area (Å²) in [6.07, 6.45) is -0.715. The van der Waals surface area contributed by atoms with Gasteiger partial charge in [-0.15, -0.1) is 0 Å². The van der Waals surface area contributed by atoms with Crippen molar-refractivity contribution >= 4 is 17.4 Å². The molecule has 5 heteroatoms. The maximum absolute atomic E-state index is 12.3. The first kappa shape index (κ1) is 17.5. The van der Waals surface area contributed by atoms with Crippen LogP contribution in [0.25, 0.3) is 0 Å². The fraction of sp³-hybridized carbons (Fsp3) is 0.263. The lowest BCUT2D eigenvalue weighted by Crippen LogP contribution is -2.30. The van der Waals surface area contributed by atoms with Crippen molar-refractivity contribution in [2.45, 2.75) is 26.9 Å². The fourth-order valence-corrected chi connectivity index (χ4v) is 2.13. The normalized spacial score (nSPS) is 11.5. The van der Waals surface area contributed by atoms with Crippen LogP contribution >= 0.6 is 0 Å². The summed E-state index contributed by atoms with van der Waals surface area (Å²) in [5.74, 6) is 0.751. The highest BCUT2D eigenvalue weighted by Crippen LogP contribution is 2.27. The van der Waals surface area contributed by atoms with Crippen molar-refractivity contribution in [1.82, 2.24) is 0 Å². The zero-order valence-corrected chi connectivity index (χ0v) is 14.0. The number of amides is 1. The number of para-hydroxylation sites is 2. The highest BCUT2D eigenvalue weighted by molar-refractivity contribution is 5.98. The average Bonchev–Trinajstić information content (AvgIpc) is 2.57. The number of benzene rings is 2. The van der Waals surface area contributed by atoms with Crippen molar-refractivity contribution in [2.75, 3.05) is 11.9 Å². The summed E-state index contributed by atoms with van der Waals surface area (Å²) in [4.78, 5) is 23.7. The van der Waals surface area contributed by atoms with E-state index in [9.17, 15) is 9.59 Å². The van der Waals surface area contributed by atoms with Gasteiger partial charge in [0.1, 0.15) is 0 Å². The Morgan fingerprint density at radius 1 is 1.08 bits per heavy atom. The topological polar surface area (TPSA) is 64.6 Å². The molecule has 0 spiro atoms. The first-order valence-corrected chi connectivity index (χ1v) is 7.81. The van der Waals surface area contributed by atoms with Crippen LogP contribution in [0.15, 0.2) is 48.5 Å². The molecule has 0 saturated heterocycles. The largest absolute Gasteiger partial charge is 0.490 e. The predicted octanol–water partition coefficient (Wildman–Crippen LogP) is 3.69. The summed E-state index contributed by atoms with van der Waals surface area (Å²) >= 11 is 0. The van der Waals surface area contributed by atoms with Crippen LogP contribution in [0.1, 0.15) is 31.1 Å². The van der Waals surface area contributed by atoms with E-state index in [1.54, 1.807) is 43.3 Å². The molecule has 0 bridgehead atoms. The minimum atomic E-state index is -0.715. The van der Waals surface area contributed by atoms with Gasteiger partial charge in [0, 0.05) is 11.3 Å². The molecule has 0 saturated carbocycles. The first-order chi connectivity index (χ1) is 11.5. The van der Waals surface area contributed by atoms with Gasteiger partial charge >= 0.3 is 0 Å². The second-order valence-corrected chi connectivity index (χ2v) is 5.27. The number of ketones is 1. The highest BCUT2D eigenvalue weighted by atomic mass is 16.5. The van der Waals surface area contributed by atoms with E-state index in [4.69, 9.17) is 9.47 Å². The first-order valence-electron chi connectivity index (χ1n) is 7.81. The van der Waals surface area contributed by atoms with E-state index in [-0.39, 0.29) is 11.7 Å². The molecule has 1 atom stereocenters. The molecule has 2 aromatic carbocycles. The number of carbonyl (C=O) groups excluding carboxylic acids is 2. The van der Waals surface area contributed by atoms with Gasteiger partial charge < -0.3 is 14.8 Å². The van der Waals surface area contributed by atoms with Crippen LogP contribution in [-0.2, 0) is 4.79 Å². The van der Waals surface area contributed by atoms with Crippen molar-refractivity contribution in [3.05, 3.63) is 54.1 Å². The number of hydrogen-bond donors (Lipinski definition) is 1. The number of rotatable bonds is 7. The number of hydrogen-bond acceptors (Lipinski definition) is 4. The Morgan fingerprint density at radius 3 is 2.46 bits per heavy atom. The van der Waals surface area contributed by atoms with Gasteiger partial charge in [-0.1, -0.05) is 24.3 Å². The molecule has 0 radical (unpaired) electrons. The Morgan fingerprint density at radius 2 is 1.79 bits per heavy atom. The van der Waals surface area contributed by atoms with Crippen LogP contribution < -0.4 is 14.8 Å². The molecule has 126 valence electrons. The zero-order chi connectivity index (χ0) is 17.5. The Kier molecular flexibility index (Phi) is 5.95. The van der Waals surface area contributed by atoms with E-state index in [2.05, 4.69) is 5.32 Å². The maximum atomic E-state index is 12.3. The Bertz CT molecular complexity index is 727. The van der Waals surface area contributed by atoms with Crippen molar-refractivity contribution < 1.29 is 19.1 Å². The second kappa shape index (κ2) is 8.15. The third-order valence-electron chi connectivity index (χ3n) is 3.36. The van der Waals surface area contributed by atoms with Crippen LogP contribution in [-0.4, -0.2) is 24.4 Å². The molecule has 1 N–H and O–H groups in total. The summed E-state index contributed by atoms with van der Waals surface area (Å²) in [6, 6.07) is 14.0. The SMILES string of the molecule is CCOc1ccccc1OC(C)C(=O)Nc1cccc(C(C)=O)c1. The molecule has 0 fully saturated rings. The van der Waals surface area contributed by atoms with Crippen LogP contribution in [0.3, 0.4) is 0 Å². The van der Waals surface area contributed by atoms with Crippen LogP contribution in [0.5, 0.6) is 11.5 Å². The van der Waals surface area contributed by atoms with E-state index in [1.165, 1.54) is 6.92 Å². The molecular formula is C19H21NO4. The molecule has 1 amide bonds. The van der Waals surface area contributed by atoms with E-state index in [0.717, 1.165) is 0 Å². The number of Topliss-reactive ketones (excluding diaryl/α,β-unsaturated/α-hetero) is 1.